The first-order valence-corrected chi connectivity index (χ1v) is 12.5. The number of hydrogen-bond donors (Lipinski definition) is 1. The zero-order valence-electron chi connectivity index (χ0n) is 19.8. The molecule has 1 aromatic heterocycles. The summed E-state index contributed by atoms with van der Waals surface area (Å²) in [5.74, 6) is 0.448. The molecule has 1 fully saturated rings. The van der Waals surface area contributed by atoms with E-state index >= 15 is 0 Å². The van der Waals surface area contributed by atoms with Gasteiger partial charge in [0.2, 0.25) is 12.7 Å². The van der Waals surface area contributed by atoms with Crippen LogP contribution in [0.2, 0.25) is 0 Å². The summed E-state index contributed by atoms with van der Waals surface area (Å²) >= 11 is 1.25. The van der Waals surface area contributed by atoms with Crippen LogP contribution in [0.5, 0.6) is 11.5 Å². The lowest BCUT2D eigenvalue weighted by Crippen LogP contribution is -2.48. The van der Waals surface area contributed by atoms with Crippen molar-refractivity contribution in [3.8, 4) is 22.6 Å². The Labute approximate surface area is 212 Å². The molecule has 1 amide bonds. The zero-order valence-corrected chi connectivity index (χ0v) is 20.6. The fourth-order valence-corrected chi connectivity index (χ4v) is 5.34. The number of benzene rings is 2. The Morgan fingerprint density at radius 2 is 1.75 bits per heavy atom. The predicted molar refractivity (Wildman–Crippen MR) is 134 cm³/mol. The average Bonchev–Trinajstić information content (AvgIpc) is 3.52. The maximum absolute atomic E-state index is 13.3. The van der Waals surface area contributed by atoms with Crippen LogP contribution in [0.4, 0.5) is 9.39 Å². The van der Waals surface area contributed by atoms with E-state index in [1.54, 1.807) is 17.5 Å². The van der Waals surface area contributed by atoms with Gasteiger partial charge in [0.05, 0.1) is 13.7 Å². The van der Waals surface area contributed by atoms with Crippen LogP contribution in [-0.4, -0.2) is 68.3 Å². The van der Waals surface area contributed by atoms with E-state index in [2.05, 4.69) is 15.1 Å². The van der Waals surface area contributed by atoms with Gasteiger partial charge in [0.15, 0.2) is 11.5 Å². The number of halogens is 1. The summed E-state index contributed by atoms with van der Waals surface area (Å²) < 4.78 is 29.1. The molecule has 10 heteroatoms. The number of ether oxygens (including phenoxy) is 3. The van der Waals surface area contributed by atoms with Gasteiger partial charge in [-0.1, -0.05) is 18.2 Å². The van der Waals surface area contributed by atoms with E-state index in [0.717, 1.165) is 49.8 Å². The summed E-state index contributed by atoms with van der Waals surface area (Å²) in [6.45, 7) is 4.48. The highest BCUT2D eigenvalue weighted by molar-refractivity contribution is 7.15. The van der Waals surface area contributed by atoms with E-state index in [0.29, 0.717) is 16.1 Å². The van der Waals surface area contributed by atoms with Crippen molar-refractivity contribution in [2.45, 2.75) is 6.54 Å². The van der Waals surface area contributed by atoms with Gasteiger partial charge in [-0.3, -0.25) is 14.6 Å². The molecule has 0 bridgehead atoms. The molecular formula is C26H26FN3O5S. The number of amides is 1. The molecule has 2 aliphatic rings. The highest BCUT2D eigenvalue weighted by Crippen LogP contribution is 2.36. The zero-order chi connectivity index (χ0) is 25.1. The highest BCUT2D eigenvalue weighted by atomic mass is 32.1. The van der Waals surface area contributed by atoms with Gasteiger partial charge in [0, 0.05) is 43.7 Å². The minimum atomic E-state index is -0.553. The molecule has 0 radical (unpaired) electrons. The predicted octanol–water partition coefficient (Wildman–Crippen LogP) is 3.83. The second-order valence-corrected chi connectivity index (χ2v) is 9.52. The van der Waals surface area contributed by atoms with Crippen LogP contribution >= 0.6 is 11.3 Å². The number of nitrogens with zero attached hydrogens (tertiary/aromatic N) is 2. The third-order valence-electron chi connectivity index (χ3n) is 6.26. The average molecular weight is 512 g/mol. The van der Waals surface area contributed by atoms with Crippen LogP contribution in [0, 0.1) is 5.82 Å². The molecular weight excluding hydrogens is 485 g/mol. The number of fused-ring (bicyclic) bond motifs is 1. The topological polar surface area (TPSA) is 80.3 Å². The van der Waals surface area contributed by atoms with E-state index in [4.69, 9.17) is 14.2 Å². The Balaban J connectivity index is 1.17. The summed E-state index contributed by atoms with van der Waals surface area (Å²) in [5, 5.41) is 5.06. The van der Waals surface area contributed by atoms with Gasteiger partial charge in [-0.15, -0.1) is 11.3 Å². The quantitative estimate of drug-likeness (QED) is 0.483. The summed E-state index contributed by atoms with van der Waals surface area (Å²) in [5.41, 5.74) is 2.71. The van der Waals surface area contributed by atoms with Gasteiger partial charge in [-0.2, -0.15) is 0 Å². The third-order valence-corrected chi connectivity index (χ3v) is 7.16. The van der Waals surface area contributed by atoms with Gasteiger partial charge in [0.25, 0.3) is 0 Å². The van der Waals surface area contributed by atoms with Crippen LogP contribution < -0.4 is 14.8 Å². The van der Waals surface area contributed by atoms with E-state index in [1.807, 2.05) is 18.2 Å². The molecule has 3 aromatic rings. The molecule has 5 rings (SSSR count). The monoisotopic (exact) mass is 511 g/mol. The maximum atomic E-state index is 13.3. The van der Waals surface area contributed by atoms with E-state index < -0.39 is 5.97 Å². The molecule has 3 heterocycles. The maximum Gasteiger partial charge on any atom is 0.341 e. The molecule has 2 aliphatic heterocycles. The van der Waals surface area contributed by atoms with Crippen molar-refractivity contribution in [1.29, 1.82) is 0 Å². The van der Waals surface area contributed by atoms with Crippen LogP contribution in [0.25, 0.3) is 11.1 Å². The van der Waals surface area contributed by atoms with Crippen LogP contribution in [0.15, 0.2) is 47.8 Å². The number of carbonyl (C=O) groups excluding carboxylic acids is 2. The number of esters is 1. The van der Waals surface area contributed by atoms with Gasteiger partial charge in [-0.05, 0) is 35.4 Å². The fourth-order valence-electron chi connectivity index (χ4n) is 4.37. The lowest BCUT2D eigenvalue weighted by atomic mass is 10.0. The van der Waals surface area contributed by atoms with E-state index in [1.165, 1.54) is 30.6 Å². The van der Waals surface area contributed by atoms with Gasteiger partial charge >= 0.3 is 5.97 Å². The Morgan fingerprint density at radius 3 is 2.50 bits per heavy atom. The molecule has 188 valence electrons. The lowest BCUT2D eigenvalue weighted by molar-refractivity contribution is -0.117. The highest BCUT2D eigenvalue weighted by Gasteiger charge is 2.24. The number of hydrogen-bond acceptors (Lipinski definition) is 8. The summed E-state index contributed by atoms with van der Waals surface area (Å²) in [7, 11) is 1.29. The molecule has 0 spiro atoms. The molecule has 0 aliphatic carbocycles. The first-order chi connectivity index (χ1) is 17.5. The molecule has 2 aromatic carbocycles. The van der Waals surface area contributed by atoms with Crippen LogP contribution in [0.3, 0.4) is 0 Å². The molecule has 8 nitrogen and oxygen atoms in total. The number of rotatable bonds is 7. The standard InChI is InChI=1S/C26H26FN3O5S/c1-33-26(32)24-20(18-3-5-19(27)6-4-18)15-36-25(24)28-23(31)14-30-10-8-29(9-11-30)13-17-2-7-21-22(12-17)35-16-34-21/h2-7,12,15H,8-11,13-14,16H2,1H3,(H,28,31). The molecule has 1 N–H and O–H groups in total. The number of methoxy groups -OCH3 is 1. The first kappa shape index (κ1) is 24.2. The summed E-state index contributed by atoms with van der Waals surface area (Å²) in [6, 6.07) is 11.9. The Morgan fingerprint density at radius 1 is 1.03 bits per heavy atom. The minimum Gasteiger partial charge on any atom is -0.465 e. The van der Waals surface area contributed by atoms with E-state index in [9.17, 15) is 14.0 Å². The Kier molecular flexibility index (Phi) is 7.17. The largest absolute Gasteiger partial charge is 0.465 e. The van der Waals surface area contributed by atoms with Crippen molar-refractivity contribution < 1.29 is 28.2 Å². The second kappa shape index (κ2) is 10.7. The van der Waals surface area contributed by atoms with Crippen LogP contribution in [-0.2, 0) is 16.1 Å². The van der Waals surface area contributed by atoms with Crippen molar-refractivity contribution in [3.63, 3.8) is 0 Å². The SMILES string of the molecule is COC(=O)c1c(-c2ccc(F)cc2)csc1NC(=O)CN1CCN(Cc2ccc3c(c2)OCO3)CC1. The van der Waals surface area contributed by atoms with Gasteiger partial charge in [0.1, 0.15) is 16.4 Å². The molecule has 0 atom stereocenters. The number of carbonyl (C=O) groups is 2. The minimum absolute atomic E-state index is 0.197. The van der Waals surface area contributed by atoms with E-state index in [-0.39, 0.29) is 30.6 Å². The number of piperazine rings is 1. The number of thiophene rings is 1. The van der Waals surface area contributed by atoms with Crippen molar-refractivity contribution in [1.82, 2.24) is 9.80 Å². The second-order valence-electron chi connectivity index (χ2n) is 8.64. The fraction of sp³-hybridized carbons (Fsp3) is 0.308. The third kappa shape index (κ3) is 5.35. The Bertz CT molecular complexity index is 1250. The lowest BCUT2D eigenvalue weighted by Gasteiger charge is -2.34. The molecule has 0 saturated carbocycles. The van der Waals surface area contributed by atoms with Crippen LogP contribution in [0.1, 0.15) is 15.9 Å². The molecule has 0 unspecified atom stereocenters. The summed E-state index contributed by atoms with van der Waals surface area (Å²) in [6.07, 6.45) is 0. The van der Waals surface area contributed by atoms with Crippen molar-refractivity contribution >= 4 is 28.2 Å². The smallest absolute Gasteiger partial charge is 0.341 e. The van der Waals surface area contributed by atoms with Gasteiger partial charge in [-0.25, -0.2) is 9.18 Å². The van der Waals surface area contributed by atoms with Crippen molar-refractivity contribution in [3.05, 3.63) is 64.8 Å². The molecule has 1 saturated heterocycles. The number of anilines is 1. The van der Waals surface area contributed by atoms with Gasteiger partial charge < -0.3 is 19.5 Å². The van der Waals surface area contributed by atoms with Crippen molar-refractivity contribution in [2.75, 3.05) is 51.9 Å². The number of nitrogens with one attached hydrogen (secondary N) is 1. The normalized spacial score (nSPS) is 15.6. The molecule has 36 heavy (non-hydrogen) atoms. The van der Waals surface area contributed by atoms with Crippen molar-refractivity contribution in [2.24, 2.45) is 0 Å². The first-order valence-electron chi connectivity index (χ1n) is 11.6. The summed E-state index contributed by atoms with van der Waals surface area (Å²) in [4.78, 5) is 29.8. The Hall–Kier alpha value is -3.47.